The first-order valence-electron chi connectivity index (χ1n) is 9.54. The van der Waals surface area contributed by atoms with Crippen LogP contribution < -0.4 is 0 Å². The number of hydrogen-bond donors (Lipinski definition) is 0. The minimum absolute atomic E-state index is 0.652. The summed E-state index contributed by atoms with van der Waals surface area (Å²) in [5.74, 6) is 1.46. The van der Waals surface area contributed by atoms with Crippen molar-refractivity contribution in [3.63, 3.8) is 0 Å². The Balaban J connectivity index is 1.60. The summed E-state index contributed by atoms with van der Waals surface area (Å²) in [6.07, 6.45) is 0. The lowest BCUT2D eigenvalue weighted by molar-refractivity contribution is 0.348. The van der Waals surface area contributed by atoms with Crippen LogP contribution in [0.25, 0.3) is 22.3 Å². The largest absolute Gasteiger partial charge is 0.475 e. The Kier molecular flexibility index (Phi) is 4.37. The van der Waals surface area contributed by atoms with Crippen molar-refractivity contribution in [1.82, 2.24) is 0 Å². The molecule has 0 radical (unpaired) electrons. The topological polar surface area (TPSA) is 43.2 Å². The van der Waals surface area contributed by atoms with Gasteiger partial charge in [0.1, 0.15) is 13.2 Å². The van der Waals surface area contributed by atoms with Gasteiger partial charge in [0, 0.05) is 11.1 Å². The third-order valence-corrected chi connectivity index (χ3v) is 4.97. The van der Waals surface area contributed by atoms with E-state index in [0.29, 0.717) is 13.2 Å². The summed E-state index contributed by atoms with van der Waals surface area (Å²) >= 11 is 0. The van der Waals surface area contributed by atoms with Gasteiger partial charge in [0.25, 0.3) is 0 Å². The number of rotatable bonds is 4. The molecule has 0 amide bonds. The van der Waals surface area contributed by atoms with Crippen molar-refractivity contribution in [1.29, 1.82) is 0 Å². The van der Waals surface area contributed by atoms with E-state index in [2.05, 4.69) is 70.6 Å². The quantitative estimate of drug-likeness (QED) is 0.677. The van der Waals surface area contributed by atoms with Gasteiger partial charge < -0.3 is 9.47 Å². The second-order valence-electron chi connectivity index (χ2n) is 6.74. The maximum atomic E-state index is 5.72. The van der Waals surface area contributed by atoms with Gasteiger partial charge in [-0.1, -0.05) is 54.6 Å². The van der Waals surface area contributed by atoms with E-state index < -0.39 is 0 Å². The normalized spacial score (nSPS) is 15.6. The van der Waals surface area contributed by atoms with Crippen LogP contribution in [0.4, 0.5) is 0 Å². The Morgan fingerprint density at radius 1 is 0.536 bits per heavy atom. The molecule has 2 aliphatic rings. The van der Waals surface area contributed by atoms with E-state index in [0.717, 1.165) is 58.3 Å². The second-order valence-corrected chi connectivity index (χ2v) is 6.74. The molecule has 5 rings (SSSR count). The Labute approximate surface area is 164 Å². The fourth-order valence-corrected chi connectivity index (χ4v) is 3.69. The van der Waals surface area contributed by atoms with Gasteiger partial charge in [0.2, 0.25) is 11.8 Å². The summed E-state index contributed by atoms with van der Waals surface area (Å²) in [6.45, 7) is 2.75. The van der Waals surface area contributed by atoms with E-state index in [9.17, 15) is 0 Å². The molecule has 2 heterocycles. The van der Waals surface area contributed by atoms with Crippen LogP contribution >= 0.6 is 0 Å². The molecular formula is C24H20N2O2. The molecule has 4 nitrogen and oxygen atoms in total. The Morgan fingerprint density at radius 2 is 1.00 bits per heavy atom. The molecule has 138 valence electrons. The summed E-state index contributed by atoms with van der Waals surface area (Å²) in [5.41, 5.74) is 6.59. The average molecular weight is 368 g/mol. The third kappa shape index (κ3) is 3.07. The van der Waals surface area contributed by atoms with Gasteiger partial charge in [0.15, 0.2) is 0 Å². The third-order valence-electron chi connectivity index (χ3n) is 4.97. The zero-order valence-corrected chi connectivity index (χ0v) is 15.5. The van der Waals surface area contributed by atoms with Crippen molar-refractivity contribution in [3.05, 3.63) is 83.9 Å². The predicted molar refractivity (Wildman–Crippen MR) is 112 cm³/mol. The standard InChI is InChI=1S/C24H20N2O2/c1-3-10-21(23-25-12-14-27-23)19(8-1)17-6-5-7-18(16-17)20-9-2-4-11-22(20)24-26-13-15-28-24/h1-11,16H,12-15H2. The Morgan fingerprint density at radius 3 is 1.43 bits per heavy atom. The Bertz CT molecular complexity index is 1000. The van der Waals surface area contributed by atoms with E-state index in [-0.39, 0.29) is 0 Å². The fraction of sp³-hybridized carbons (Fsp3) is 0.167. The zero-order chi connectivity index (χ0) is 18.8. The number of aliphatic imine (C=N–C) groups is 2. The Hall–Kier alpha value is -3.40. The summed E-state index contributed by atoms with van der Waals surface area (Å²) in [6, 6.07) is 25.1. The highest BCUT2D eigenvalue weighted by molar-refractivity contribution is 6.03. The monoisotopic (exact) mass is 368 g/mol. The van der Waals surface area contributed by atoms with Crippen LogP contribution in [0.15, 0.2) is 82.8 Å². The highest BCUT2D eigenvalue weighted by Crippen LogP contribution is 2.31. The van der Waals surface area contributed by atoms with Crippen molar-refractivity contribution >= 4 is 11.8 Å². The molecule has 0 aliphatic carbocycles. The molecule has 3 aromatic rings. The van der Waals surface area contributed by atoms with Crippen molar-refractivity contribution in [2.24, 2.45) is 9.98 Å². The molecule has 4 heteroatoms. The maximum absolute atomic E-state index is 5.72. The van der Waals surface area contributed by atoms with Gasteiger partial charge in [0.05, 0.1) is 13.1 Å². The SMILES string of the molecule is c1cc(-c2ccccc2C2=NCCO2)cc(-c2ccccc2C2=NCCO2)c1. The molecule has 0 saturated heterocycles. The molecule has 0 atom stereocenters. The minimum Gasteiger partial charge on any atom is -0.475 e. The lowest BCUT2D eigenvalue weighted by Crippen LogP contribution is -2.04. The molecule has 2 aliphatic heterocycles. The van der Waals surface area contributed by atoms with Crippen molar-refractivity contribution in [2.75, 3.05) is 26.3 Å². The molecule has 0 saturated carbocycles. The molecular weight excluding hydrogens is 348 g/mol. The molecule has 0 N–H and O–H groups in total. The summed E-state index contributed by atoms with van der Waals surface area (Å²) < 4.78 is 11.4. The number of benzene rings is 3. The average Bonchev–Trinajstić information content (AvgIpc) is 3.48. The maximum Gasteiger partial charge on any atom is 0.216 e. The molecule has 28 heavy (non-hydrogen) atoms. The minimum atomic E-state index is 0.652. The van der Waals surface area contributed by atoms with Crippen LogP contribution in [0.5, 0.6) is 0 Å². The smallest absolute Gasteiger partial charge is 0.216 e. The van der Waals surface area contributed by atoms with Crippen LogP contribution in [-0.2, 0) is 9.47 Å². The van der Waals surface area contributed by atoms with Gasteiger partial charge >= 0.3 is 0 Å². The van der Waals surface area contributed by atoms with E-state index in [1.54, 1.807) is 0 Å². The van der Waals surface area contributed by atoms with E-state index in [1.165, 1.54) is 0 Å². The van der Waals surface area contributed by atoms with Crippen LogP contribution in [0.2, 0.25) is 0 Å². The van der Waals surface area contributed by atoms with Crippen LogP contribution in [0, 0.1) is 0 Å². The first-order chi connectivity index (χ1) is 13.9. The van der Waals surface area contributed by atoms with Gasteiger partial charge in [-0.25, -0.2) is 9.98 Å². The lowest BCUT2D eigenvalue weighted by Gasteiger charge is -2.13. The summed E-state index contributed by atoms with van der Waals surface area (Å²) in [7, 11) is 0. The number of nitrogens with zero attached hydrogens (tertiary/aromatic N) is 2. The lowest BCUT2D eigenvalue weighted by atomic mass is 9.94. The first-order valence-corrected chi connectivity index (χ1v) is 9.54. The van der Waals surface area contributed by atoms with Crippen LogP contribution in [-0.4, -0.2) is 38.1 Å². The molecule has 0 fully saturated rings. The van der Waals surface area contributed by atoms with Crippen molar-refractivity contribution < 1.29 is 9.47 Å². The number of hydrogen-bond acceptors (Lipinski definition) is 4. The first kappa shape index (κ1) is 16.8. The van der Waals surface area contributed by atoms with Crippen molar-refractivity contribution in [2.45, 2.75) is 0 Å². The molecule has 0 spiro atoms. The van der Waals surface area contributed by atoms with E-state index in [4.69, 9.17) is 9.47 Å². The summed E-state index contributed by atoms with van der Waals surface area (Å²) in [5, 5.41) is 0. The van der Waals surface area contributed by atoms with Crippen LogP contribution in [0.3, 0.4) is 0 Å². The number of ether oxygens (including phenoxy) is 2. The van der Waals surface area contributed by atoms with Gasteiger partial charge in [-0.2, -0.15) is 0 Å². The summed E-state index contributed by atoms with van der Waals surface area (Å²) in [4.78, 5) is 9.00. The van der Waals surface area contributed by atoms with Crippen molar-refractivity contribution in [3.8, 4) is 22.3 Å². The van der Waals surface area contributed by atoms with Gasteiger partial charge in [-0.15, -0.1) is 0 Å². The second kappa shape index (κ2) is 7.31. The van der Waals surface area contributed by atoms with Crippen LogP contribution in [0.1, 0.15) is 11.1 Å². The predicted octanol–water partition coefficient (Wildman–Crippen LogP) is 4.57. The molecule has 0 bridgehead atoms. The molecule has 0 aromatic heterocycles. The van der Waals surface area contributed by atoms with Gasteiger partial charge in [-0.3, -0.25) is 0 Å². The highest BCUT2D eigenvalue weighted by atomic mass is 16.5. The van der Waals surface area contributed by atoms with E-state index in [1.807, 2.05) is 12.1 Å². The molecule has 3 aromatic carbocycles. The zero-order valence-electron chi connectivity index (χ0n) is 15.5. The highest BCUT2D eigenvalue weighted by Gasteiger charge is 2.18. The molecule has 0 unspecified atom stereocenters. The van der Waals surface area contributed by atoms with E-state index >= 15 is 0 Å². The fourth-order valence-electron chi connectivity index (χ4n) is 3.69. The van der Waals surface area contributed by atoms with Gasteiger partial charge in [-0.05, 0) is 40.5 Å².